The molecule has 0 saturated carbocycles. The van der Waals surface area contributed by atoms with Crippen LogP contribution in [0, 0.1) is 17.3 Å². The maximum Gasteiger partial charge on any atom is 0.240 e. The Morgan fingerprint density at radius 3 is 1.73 bits per heavy atom. The summed E-state index contributed by atoms with van der Waals surface area (Å²) in [5, 5.41) is 25.5. The average Bonchev–Trinajstić information content (AvgIpc) is 2.94. The quantitative estimate of drug-likeness (QED) is 0.174. The molecule has 2 unspecified atom stereocenters. The van der Waals surface area contributed by atoms with E-state index < -0.39 is 41.0 Å². The number of hydrogen-bond donors (Lipinski definition) is 3. The Labute approximate surface area is 264 Å². The minimum atomic E-state index is -1.77. The van der Waals surface area contributed by atoms with Crippen LogP contribution in [0.4, 0.5) is 0 Å². The molecule has 8 nitrogen and oxygen atoms in total. The Hall–Kier alpha value is -2.91. The van der Waals surface area contributed by atoms with Crippen LogP contribution in [-0.2, 0) is 27.2 Å². The van der Waals surface area contributed by atoms with E-state index in [9.17, 15) is 24.6 Å². The summed E-state index contributed by atoms with van der Waals surface area (Å²) >= 11 is 0. The summed E-state index contributed by atoms with van der Waals surface area (Å²) in [6.07, 6.45) is -0.197. The van der Waals surface area contributed by atoms with Gasteiger partial charge in [-0.15, -0.1) is 0 Å². The fraction of sp³-hybridized carbons (Fsp3) is 0.583. The lowest BCUT2D eigenvalue weighted by Gasteiger charge is -2.51. The second-order valence-electron chi connectivity index (χ2n) is 13.6. The van der Waals surface area contributed by atoms with Gasteiger partial charge >= 0.3 is 0 Å². The van der Waals surface area contributed by atoms with Crippen LogP contribution in [-0.4, -0.2) is 95.5 Å². The molecule has 0 bridgehead atoms. The van der Waals surface area contributed by atoms with Crippen molar-refractivity contribution in [2.45, 2.75) is 90.6 Å². The number of hydrogen-bond acceptors (Lipinski definition) is 7. The summed E-state index contributed by atoms with van der Waals surface area (Å²) in [6, 6.07) is 17.7. The Kier molecular flexibility index (Phi) is 13.9. The molecule has 0 spiro atoms. The summed E-state index contributed by atoms with van der Waals surface area (Å²) < 4.78 is 0. The number of benzene rings is 2. The number of aliphatic hydroxyl groups is 2. The molecule has 2 rings (SSSR count). The van der Waals surface area contributed by atoms with E-state index in [0.29, 0.717) is 19.1 Å². The van der Waals surface area contributed by atoms with E-state index in [-0.39, 0.29) is 30.7 Å². The Morgan fingerprint density at radius 1 is 0.841 bits per heavy atom. The monoisotopic (exact) mass is 609 g/mol. The lowest BCUT2D eigenvalue weighted by Crippen LogP contribution is -2.70. The van der Waals surface area contributed by atoms with Crippen molar-refractivity contribution in [2.24, 2.45) is 17.3 Å². The Morgan fingerprint density at radius 2 is 1.32 bits per heavy atom. The molecule has 2 aromatic rings. The molecule has 0 aliphatic heterocycles. The first-order valence-corrected chi connectivity index (χ1v) is 15.7. The fourth-order valence-corrected chi connectivity index (χ4v) is 6.71. The third kappa shape index (κ3) is 8.84. The number of Topliss-reactive ketones (excluding diaryl/α,β-unsaturated/α-hetero) is 1. The van der Waals surface area contributed by atoms with Crippen molar-refractivity contribution in [1.29, 1.82) is 0 Å². The second-order valence-corrected chi connectivity index (χ2v) is 13.6. The van der Waals surface area contributed by atoms with Crippen LogP contribution in [0.1, 0.15) is 59.1 Å². The number of aliphatic hydroxyl groups excluding tert-OH is 2. The topological polar surface area (TPSA) is 110 Å². The highest BCUT2D eigenvalue weighted by Crippen LogP contribution is 2.42. The van der Waals surface area contributed by atoms with E-state index in [1.807, 2.05) is 102 Å². The molecule has 44 heavy (non-hydrogen) atoms. The van der Waals surface area contributed by atoms with Crippen molar-refractivity contribution in [3.05, 3.63) is 71.8 Å². The zero-order chi connectivity index (χ0) is 33.2. The summed E-state index contributed by atoms with van der Waals surface area (Å²) in [5.74, 6) is -0.992. The third-order valence-corrected chi connectivity index (χ3v) is 8.95. The van der Waals surface area contributed by atoms with Crippen molar-refractivity contribution in [3.8, 4) is 0 Å². The molecule has 244 valence electrons. The molecule has 2 aromatic carbocycles. The van der Waals surface area contributed by atoms with Gasteiger partial charge in [0.1, 0.15) is 11.8 Å². The maximum atomic E-state index is 15.0. The normalized spacial score (nSPS) is 16.3. The second kappa shape index (κ2) is 16.4. The predicted octanol–water partition coefficient (Wildman–Crippen LogP) is 3.78. The molecule has 5 atom stereocenters. The highest BCUT2D eigenvalue weighted by molar-refractivity contribution is 6.08. The molecule has 0 aliphatic carbocycles. The number of carbonyl (C=O) groups is 3. The minimum absolute atomic E-state index is 0.0194. The van der Waals surface area contributed by atoms with E-state index in [1.165, 1.54) is 4.90 Å². The van der Waals surface area contributed by atoms with Crippen LogP contribution in [0.25, 0.3) is 0 Å². The van der Waals surface area contributed by atoms with Gasteiger partial charge in [0.05, 0.1) is 24.3 Å². The lowest BCUT2D eigenvalue weighted by atomic mass is 9.63. The minimum Gasteiger partial charge on any atom is -0.393 e. The van der Waals surface area contributed by atoms with Crippen molar-refractivity contribution < 1.29 is 24.6 Å². The number of likely N-dealkylation sites (N-methyl/N-ethyl adjacent to an activating group) is 3. The van der Waals surface area contributed by atoms with Gasteiger partial charge in [-0.2, -0.15) is 0 Å². The number of carbonyl (C=O) groups excluding carboxylic acids is 3. The number of β-amino-alcohol motifs (C(OH)–C–C–N with tert-alkyl or cyclic N) is 1. The first-order valence-electron chi connectivity index (χ1n) is 15.7. The van der Waals surface area contributed by atoms with Gasteiger partial charge in [0.2, 0.25) is 5.91 Å². The molecule has 0 aliphatic rings. The van der Waals surface area contributed by atoms with Gasteiger partial charge in [-0.05, 0) is 61.7 Å². The number of ketones is 1. The molecule has 3 N–H and O–H groups in total. The van der Waals surface area contributed by atoms with Crippen LogP contribution in [0.2, 0.25) is 0 Å². The van der Waals surface area contributed by atoms with E-state index in [4.69, 9.17) is 0 Å². The molecule has 8 heteroatoms. The van der Waals surface area contributed by atoms with Crippen molar-refractivity contribution in [1.82, 2.24) is 15.1 Å². The van der Waals surface area contributed by atoms with Crippen LogP contribution >= 0.6 is 0 Å². The smallest absolute Gasteiger partial charge is 0.240 e. The number of nitrogens with one attached hydrogen (secondary N) is 1. The van der Waals surface area contributed by atoms with Crippen molar-refractivity contribution >= 4 is 18.0 Å². The summed E-state index contributed by atoms with van der Waals surface area (Å²) in [4.78, 5) is 45.3. The van der Waals surface area contributed by atoms with Crippen LogP contribution < -0.4 is 5.32 Å². The van der Waals surface area contributed by atoms with Gasteiger partial charge in [-0.1, -0.05) is 102 Å². The number of amides is 1. The van der Waals surface area contributed by atoms with E-state index in [0.717, 1.165) is 11.1 Å². The van der Waals surface area contributed by atoms with Crippen LogP contribution in [0.3, 0.4) is 0 Å². The Balaban J connectivity index is 2.58. The van der Waals surface area contributed by atoms with E-state index >= 15 is 0 Å². The average molecular weight is 610 g/mol. The molecular weight excluding hydrogens is 554 g/mol. The van der Waals surface area contributed by atoms with Gasteiger partial charge in [0, 0.05) is 13.6 Å². The standard InChI is InChI=1S/C36H55N3O5/c1-25(2)31(37-7)34(44)39(9)32(26(3)4)33(43)36(24-40,38(8)23-30(42)21-28-18-14-11-15-19-28)35(5,6)22-29(41)20-27-16-12-10-13-17-27/h10-19,24-26,29-32,37,41-42H,20-23H2,1-9H3/t29?,30?,31-,32-,36-/m0/s1. The van der Waals surface area contributed by atoms with Gasteiger partial charge in [0.25, 0.3) is 0 Å². The molecule has 0 saturated heterocycles. The first-order chi connectivity index (χ1) is 20.6. The molecule has 0 fully saturated rings. The SMILES string of the molecule is CN[C@H](C(=O)N(C)[C@H](C(=O)[C@](C=O)(N(C)CC(O)Cc1ccccc1)C(C)(C)CC(O)Cc1ccccc1)C(C)C)C(C)C. The largest absolute Gasteiger partial charge is 0.393 e. The summed E-state index contributed by atoms with van der Waals surface area (Å²) in [6.45, 7) is 11.3. The number of rotatable bonds is 18. The zero-order valence-corrected chi connectivity index (χ0v) is 28.2. The van der Waals surface area contributed by atoms with E-state index in [2.05, 4.69) is 5.32 Å². The Bertz CT molecular complexity index is 1190. The predicted molar refractivity (Wildman–Crippen MR) is 176 cm³/mol. The van der Waals surface area contributed by atoms with Crippen LogP contribution in [0.5, 0.6) is 0 Å². The summed E-state index contributed by atoms with van der Waals surface area (Å²) in [5.41, 5.74) is -0.967. The highest BCUT2D eigenvalue weighted by Gasteiger charge is 2.57. The van der Waals surface area contributed by atoms with Gasteiger partial charge in [-0.25, -0.2) is 0 Å². The van der Waals surface area contributed by atoms with Gasteiger partial charge in [-0.3, -0.25) is 14.5 Å². The zero-order valence-electron chi connectivity index (χ0n) is 28.2. The van der Waals surface area contributed by atoms with Crippen LogP contribution in [0.15, 0.2) is 60.7 Å². The first kappa shape index (κ1) is 37.3. The van der Waals surface area contributed by atoms with Crippen molar-refractivity contribution in [2.75, 3.05) is 27.7 Å². The highest BCUT2D eigenvalue weighted by atomic mass is 16.3. The van der Waals surface area contributed by atoms with Gasteiger partial charge < -0.3 is 25.2 Å². The number of aldehydes is 1. The molecular formula is C36H55N3O5. The number of nitrogens with zero attached hydrogens (tertiary/aromatic N) is 2. The molecule has 0 radical (unpaired) electrons. The molecule has 1 amide bonds. The maximum absolute atomic E-state index is 15.0. The lowest BCUT2D eigenvalue weighted by molar-refractivity contribution is -0.158. The molecule has 0 heterocycles. The third-order valence-electron chi connectivity index (χ3n) is 8.95. The molecule has 0 aromatic heterocycles. The fourth-order valence-electron chi connectivity index (χ4n) is 6.71. The van der Waals surface area contributed by atoms with Gasteiger partial charge in [0.15, 0.2) is 5.78 Å². The van der Waals surface area contributed by atoms with Crippen molar-refractivity contribution in [3.63, 3.8) is 0 Å². The summed E-state index contributed by atoms with van der Waals surface area (Å²) in [7, 11) is 5.02. The van der Waals surface area contributed by atoms with E-state index in [1.54, 1.807) is 26.0 Å².